The average molecular weight is 270 g/mol. The zero-order valence-electron chi connectivity index (χ0n) is 10.7. The van der Waals surface area contributed by atoms with Crippen molar-refractivity contribution in [1.29, 1.82) is 0 Å². The van der Waals surface area contributed by atoms with Crippen molar-refractivity contribution >= 4 is 27.1 Å². The Morgan fingerprint density at radius 2 is 2.00 bits per heavy atom. The summed E-state index contributed by atoms with van der Waals surface area (Å²) in [6.07, 6.45) is 0. The summed E-state index contributed by atoms with van der Waals surface area (Å²) in [7, 11) is -3.38. The highest BCUT2D eigenvalue weighted by Crippen LogP contribution is 2.20. The van der Waals surface area contributed by atoms with Crippen LogP contribution in [0.2, 0.25) is 0 Å². The highest BCUT2D eigenvalue weighted by atomic mass is 32.2. The van der Waals surface area contributed by atoms with Gasteiger partial charge in [0.1, 0.15) is 5.75 Å². The molecular weight excluding hydrogens is 252 g/mol. The number of hydrogen-bond donors (Lipinski definition) is 2. The maximum atomic E-state index is 11.7. The number of hydrogen-bond acceptors (Lipinski definition) is 4. The van der Waals surface area contributed by atoms with E-state index in [1.807, 2.05) is 0 Å². The van der Waals surface area contributed by atoms with E-state index in [0.717, 1.165) is 5.56 Å². The molecule has 1 aromatic rings. The summed E-state index contributed by atoms with van der Waals surface area (Å²) in [6, 6.07) is 5.11. The molecule has 0 spiro atoms. The van der Waals surface area contributed by atoms with E-state index in [2.05, 4.69) is 5.32 Å². The SMILES string of the molecule is Cc1c(N)cccc1NC(=O)CS(=O)(=O)C(C)C. The van der Waals surface area contributed by atoms with Crippen molar-refractivity contribution in [2.24, 2.45) is 0 Å². The quantitative estimate of drug-likeness (QED) is 0.808. The summed E-state index contributed by atoms with van der Waals surface area (Å²) in [5, 5.41) is 2.00. The minimum Gasteiger partial charge on any atom is -0.398 e. The Kier molecular flexibility index (Phi) is 4.34. The lowest BCUT2D eigenvalue weighted by Crippen LogP contribution is -2.28. The molecular formula is C12H18N2O3S. The molecule has 0 aromatic heterocycles. The Bertz CT molecular complexity index is 550. The molecule has 1 amide bonds. The number of anilines is 2. The van der Waals surface area contributed by atoms with Crippen LogP contribution in [0.25, 0.3) is 0 Å². The van der Waals surface area contributed by atoms with Crippen molar-refractivity contribution in [2.75, 3.05) is 16.8 Å². The van der Waals surface area contributed by atoms with Crippen LogP contribution in [0.4, 0.5) is 11.4 Å². The minimum atomic E-state index is -3.38. The van der Waals surface area contributed by atoms with E-state index >= 15 is 0 Å². The molecule has 0 radical (unpaired) electrons. The second-order valence-corrected chi connectivity index (χ2v) is 6.98. The van der Waals surface area contributed by atoms with Crippen LogP contribution in [0.5, 0.6) is 0 Å². The molecule has 0 aliphatic heterocycles. The molecule has 18 heavy (non-hydrogen) atoms. The number of carbonyl (C=O) groups excluding carboxylic acids is 1. The molecule has 0 unspecified atom stereocenters. The molecule has 0 heterocycles. The Hall–Kier alpha value is -1.56. The first-order chi connectivity index (χ1) is 8.24. The molecule has 0 fully saturated rings. The fourth-order valence-electron chi connectivity index (χ4n) is 1.32. The first-order valence-corrected chi connectivity index (χ1v) is 7.32. The Morgan fingerprint density at radius 3 is 2.56 bits per heavy atom. The number of rotatable bonds is 4. The van der Waals surface area contributed by atoms with Gasteiger partial charge in [-0.2, -0.15) is 0 Å². The van der Waals surface area contributed by atoms with E-state index in [4.69, 9.17) is 5.73 Å². The molecule has 100 valence electrons. The van der Waals surface area contributed by atoms with Gasteiger partial charge in [0.2, 0.25) is 5.91 Å². The normalized spacial score (nSPS) is 11.6. The molecule has 1 rings (SSSR count). The average Bonchev–Trinajstić information content (AvgIpc) is 2.23. The highest BCUT2D eigenvalue weighted by molar-refractivity contribution is 7.92. The van der Waals surface area contributed by atoms with Crippen molar-refractivity contribution in [3.05, 3.63) is 23.8 Å². The summed E-state index contributed by atoms with van der Waals surface area (Å²) < 4.78 is 23.2. The van der Waals surface area contributed by atoms with Gasteiger partial charge in [-0.25, -0.2) is 8.42 Å². The van der Waals surface area contributed by atoms with E-state index in [0.29, 0.717) is 11.4 Å². The van der Waals surface area contributed by atoms with Crippen molar-refractivity contribution in [3.8, 4) is 0 Å². The van der Waals surface area contributed by atoms with Gasteiger partial charge < -0.3 is 11.1 Å². The van der Waals surface area contributed by atoms with Crippen LogP contribution in [-0.4, -0.2) is 25.3 Å². The van der Waals surface area contributed by atoms with Crippen LogP contribution in [-0.2, 0) is 14.6 Å². The van der Waals surface area contributed by atoms with Gasteiger partial charge in [-0.1, -0.05) is 6.07 Å². The van der Waals surface area contributed by atoms with Gasteiger partial charge in [0, 0.05) is 11.4 Å². The second kappa shape index (κ2) is 5.39. The molecule has 0 atom stereocenters. The first kappa shape index (κ1) is 14.5. The van der Waals surface area contributed by atoms with Crippen molar-refractivity contribution < 1.29 is 13.2 Å². The third-order valence-electron chi connectivity index (χ3n) is 2.70. The van der Waals surface area contributed by atoms with Crippen LogP contribution in [0, 0.1) is 6.92 Å². The minimum absolute atomic E-state index is 0.515. The molecule has 0 aliphatic rings. The largest absolute Gasteiger partial charge is 0.398 e. The zero-order valence-corrected chi connectivity index (χ0v) is 11.5. The van der Waals surface area contributed by atoms with Crippen LogP contribution in [0.15, 0.2) is 18.2 Å². The fourth-order valence-corrected chi connectivity index (χ4v) is 2.10. The lowest BCUT2D eigenvalue weighted by molar-refractivity contribution is -0.113. The van der Waals surface area contributed by atoms with Crippen LogP contribution < -0.4 is 11.1 Å². The van der Waals surface area contributed by atoms with Gasteiger partial charge in [-0.15, -0.1) is 0 Å². The third-order valence-corrected chi connectivity index (χ3v) is 4.80. The van der Waals surface area contributed by atoms with Crippen molar-refractivity contribution in [3.63, 3.8) is 0 Å². The summed E-state index contributed by atoms with van der Waals surface area (Å²) in [5.74, 6) is -1.06. The lowest BCUT2D eigenvalue weighted by Gasteiger charge is -2.11. The molecule has 0 aliphatic carbocycles. The maximum Gasteiger partial charge on any atom is 0.239 e. The summed E-state index contributed by atoms with van der Waals surface area (Å²) in [5.41, 5.74) is 7.53. The first-order valence-electron chi connectivity index (χ1n) is 5.60. The number of nitrogens with one attached hydrogen (secondary N) is 1. The number of carbonyl (C=O) groups is 1. The Balaban J connectivity index is 2.81. The molecule has 6 heteroatoms. The number of nitrogen functional groups attached to an aromatic ring is 1. The topological polar surface area (TPSA) is 89.3 Å². The predicted molar refractivity (Wildman–Crippen MR) is 73.1 cm³/mol. The summed E-state index contributed by atoms with van der Waals surface area (Å²) in [4.78, 5) is 11.7. The van der Waals surface area contributed by atoms with Gasteiger partial charge in [-0.05, 0) is 38.5 Å². The molecule has 5 nitrogen and oxygen atoms in total. The molecule has 0 bridgehead atoms. The number of benzene rings is 1. The second-order valence-electron chi connectivity index (χ2n) is 4.42. The predicted octanol–water partition coefficient (Wildman–Crippen LogP) is 1.34. The van der Waals surface area contributed by atoms with Gasteiger partial charge in [-0.3, -0.25) is 4.79 Å². The zero-order chi connectivity index (χ0) is 13.9. The number of sulfone groups is 1. The maximum absolute atomic E-state index is 11.7. The lowest BCUT2D eigenvalue weighted by atomic mass is 10.1. The Labute approximate surface area is 107 Å². The monoisotopic (exact) mass is 270 g/mol. The number of nitrogens with two attached hydrogens (primary N) is 1. The van der Waals surface area contributed by atoms with Crippen LogP contribution >= 0.6 is 0 Å². The van der Waals surface area contributed by atoms with E-state index in [-0.39, 0.29) is 0 Å². The van der Waals surface area contributed by atoms with Gasteiger partial charge >= 0.3 is 0 Å². The standard InChI is InChI=1S/C12H18N2O3S/c1-8(2)18(16,17)7-12(15)14-11-6-4-5-10(13)9(11)3/h4-6,8H,7,13H2,1-3H3,(H,14,15). The third kappa shape index (κ3) is 3.46. The van der Waals surface area contributed by atoms with Crippen LogP contribution in [0.3, 0.4) is 0 Å². The highest BCUT2D eigenvalue weighted by Gasteiger charge is 2.20. The van der Waals surface area contributed by atoms with E-state index in [1.54, 1.807) is 39.0 Å². The van der Waals surface area contributed by atoms with Gasteiger partial charge in [0.15, 0.2) is 9.84 Å². The molecule has 3 N–H and O–H groups in total. The van der Waals surface area contributed by atoms with E-state index < -0.39 is 26.7 Å². The molecule has 0 saturated carbocycles. The smallest absolute Gasteiger partial charge is 0.239 e. The fraction of sp³-hybridized carbons (Fsp3) is 0.417. The number of amides is 1. The summed E-state index contributed by atoms with van der Waals surface area (Å²) >= 11 is 0. The van der Waals surface area contributed by atoms with Gasteiger partial charge in [0.25, 0.3) is 0 Å². The van der Waals surface area contributed by atoms with Crippen molar-refractivity contribution in [1.82, 2.24) is 0 Å². The molecule has 1 aromatic carbocycles. The van der Waals surface area contributed by atoms with E-state index in [9.17, 15) is 13.2 Å². The summed E-state index contributed by atoms with van der Waals surface area (Å²) in [6.45, 7) is 4.87. The van der Waals surface area contributed by atoms with Crippen molar-refractivity contribution in [2.45, 2.75) is 26.0 Å². The molecule has 0 saturated heterocycles. The van der Waals surface area contributed by atoms with Gasteiger partial charge in [0.05, 0.1) is 5.25 Å². The Morgan fingerprint density at radius 1 is 1.39 bits per heavy atom. The van der Waals surface area contributed by atoms with E-state index in [1.165, 1.54) is 0 Å². The van der Waals surface area contributed by atoms with Crippen LogP contribution in [0.1, 0.15) is 19.4 Å².